The van der Waals surface area contributed by atoms with Crippen molar-refractivity contribution in [3.63, 3.8) is 0 Å². The minimum Gasteiger partial charge on any atom is -0.456 e. The Kier molecular flexibility index (Phi) is 7.36. The molecule has 0 fully saturated rings. The maximum atomic E-state index is 6.95. The van der Waals surface area contributed by atoms with Crippen LogP contribution in [0.2, 0.25) is 0 Å². The molecule has 0 saturated carbocycles. The number of furan rings is 2. The van der Waals surface area contributed by atoms with Crippen LogP contribution >= 0.6 is 0 Å². The zero-order valence-corrected chi connectivity index (χ0v) is 34.3. The first-order chi connectivity index (χ1) is 30.5. The lowest BCUT2D eigenvalue weighted by molar-refractivity contribution is 0.653. The molecule has 13 rings (SSSR count). The fourth-order valence-electron chi connectivity index (χ4n) is 10.4. The van der Waals surface area contributed by atoms with Crippen molar-refractivity contribution < 1.29 is 8.83 Å². The van der Waals surface area contributed by atoms with E-state index in [4.69, 9.17) is 8.83 Å². The van der Waals surface area contributed by atoms with Gasteiger partial charge in [0.15, 0.2) is 0 Å². The van der Waals surface area contributed by atoms with Gasteiger partial charge in [0, 0.05) is 38.5 Å². The van der Waals surface area contributed by atoms with Crippen molar-refractivity contribution in [1.82, 2.24) is 0 Å². The second-order valence-electron chi connectivity index (χ2n) is 17.3. The summed E-state index contributed by atoms with van der Waals surface area (Å²) in [6, 6.07) is 72.4. The first-order valence-electron chi connectivity index (χ1n) is 21.4. The zero-order chi connectivity index (χ0) is 41.1. The highest BCUT2D eigenvalue weighted by atomic mass is 16.3. The lowest BCUT2D eigenvalue weighted by atomic mass is 9.82. The van der Waals surface area contributed by atoms with Crippen LogP contribution in [-0.4, -0.2) is 0 Å². The van der Waals surface area contributed by atoms with Gasteiger partial charge in [-0.2, -0.15) is 0 Å². The molecule has 62 heavy (non-hydrogen) atoms. The Morgan fingerprint density at radius 2 is 1.03 bits per heavy atom. The van der Waals surface area contributed by atoms with Crippen LogP contribution in [0.15, 0.2) is 209 Å². The van der Waals surface area contributed by atoms with Crippen LogP contribution in [-0.2, 0) is 5.41 Å². The van der Waals surface area contributed by atoms with E-state index < -0.39 is 0 Å². The van der Waals surface area contributed by atoms with Crippen LogP contribution in [0.3, 0.4) is 0 Å². The lowest BCUT2D eigenvalue weighted by Gasteiger charge is -2.27. The molecule has 2 heterocycles. The molecule has 1 aliphatic rings. The number of hydrogen-bond acceptors (Lipinski definition) is 3. The average Bonchev–Trinajstić information content (AvgIpc) is 3.95. The summed E-state index contributed by atoms with van der Waals surface area (Å²) in [7, 11) is 0. The van der Waals surface area contributed by atoms with Crippen LogP contribution in [0, 0.1) is 0 Å². The monoisotopic (exact) mass is 793 g/mol. The predicted molar refractivity (Wildman–Crippen MR) is 259 cm³/mol. The SMILES string of the molecule is CC1(C)c2ccccc2-c2c1ccc1c2oc2cccc(N(c3ccc(-c4ccc5oc6cc7ccccc7cc6c5c4)cc3)c3ccc(-c4cccc5ccccc45)cc3)c21. The molecule has 12 aromatic rings. The predicted octanol–water partition coefficient (Wildman–Crippen LogP) is 16.9. The molecule has 10 aromatic carbocycles. The molecule has 3 heteroatoms. The van der Waals surface area contributed by atoms with E-state index in [1.807, 2.05) is 0 Å². The average molecular weight is 794 g/mol. The molecule has 292 valence electrons. The molecule has 0 bridgehead atoms. The summed E-state index contributed by atoms with van der Waals surface area (Å²) in [5, 5.41) is 9.34. The van der Waals surface area contributed by atoms with E-state index in [1.54, 1.807) is 0 Å². The zero-order valence-electron chi connectivity index (χ0n) is 34.3. The highest BCUT2D eigenvalue weighted by Gasteiger charge is 2.37. The first-order valence-corrected chi connectivity index (χ1v) is 21.4. The van der Waals surface area contributed by atoms with Crippen molar-refractivity contribution >= 4 is 82.5 Å². The van der Waals surface area contributed by atoms with Gasteiger partial charge in [-0.25, -0.2) is 0 Å². The summed E-state index contributed by atoms with van der Waals surface area (Å²) >= 11 is 0. The normalized spacial score (nSPS) is 13.1. The molecule has 0 unspecified atom stereocenters. The Bertz CT molecular complexity index is 3770. The molecule has 0 aliphatic heterocycles. The molecule has 0 N–H and O–H groups in total. The minimum absolute atomic E-state index is 0.120. The highest BCUT2D eigenvalue weighted by molar-refractivity contribution is 6.17. The van der Waals surface area contributed by atoms with Crippen LogP contribution in [0.25, 0.3) is 98.8 Å². The number of hydrogen-bond donors (Lipinski definition) is 0. The fraction of sp³-hybridized carbons (Fsp3) is 0.0508. The summed E-state index contributed by atoms with van der Waals surface area (Å²) in [4.78, 5) is 2.39. The third-order valence-electron chi connectivity index (χ3n) is 13.4. The summed E-state index contributed by atoms with van der Waals surface area (Å²) in [6.07, 6.45) is 0. The van der Waals surface area contributed by atoms with Gasteiger partial charge in [0.05, 0.1) is 11.1 Å². The van der Waals surface area contributed by atoms with Gasteiger partial charge in [-0.05, 0) is 121 Å². The number of nitrogens with zero attached hydrogens (tertiary/aromatic N) is 1. The van der Waals surface area contributed by atoms with E-state index in [0.29, 0.717) is 0 Å². The molecule has 0 spiro atoms. The number of benzene rings is 10. The van der Waals surface area contributed by atoms with Gasteiger partial charge in [0.25, 0.3) is 0 Å². The maximum absolute atomic E-state index is 6.95. The summed E-state index contributed by atoms with van der Waals surface area (Å²) in [5.74, 6) is 0. The molecular weight excluding hydrogens is 755 g/mol. The minimum atomic E-state index is -0.120. The smallest absolute Gasteiger partial charge is 0.143 e. The van der Waals surface area contributed by atoms with Crippen molar-refractivity contribution in [1.29, 1.82) is 0 Å². The van der Waals surface area contributed by atoms with E-state index in [2.05, 4.69) is 219 Å². The Labute approximate surface area is 358 Å². The van der Waals surface area contributed by atoms with E-state index in [1.165, 1.54) is 54.9 Å². The van der Waals surface area contributed by atoms with Crippen LogP contribution in [0.5, 0.6) is 0 Å². The first kappa shape index (κ1) is 34.9. The van der Waals surface area contributed by atoms with Crippen molar-refractivity contribution in [3.8, 4) is 33.4 Å². The fourth-order valence-corrected chi connectivity index (χ4v) is 10.4. The number of fused-ring (bicyclic) bond motifs is 12. The van der Waals surface area contributed by atoms with E-state index in [9.17, 15) is 0 Å². The largest absolute Gasteiger partial charge is 0.456 e. The standard InChI is InChI=1S/C59H39NO2/c1-59(2)50-18-8-7-16-46(50)56-51(59)31-30-47-57-52(19-10-20-54(57)62-58(47)56)60(43-28-23-38(24-29-43)45-17-9-14-37-11-5-6-15-44(37)45)42-26-21-36(22-27-42)41-25-32-53-48(34-41)49-33-39-12-3-4-13-40(39)35-55(49)61-53/h3-35H,1-2H3. The lowest BCUT2D eigenvalue weighted by Crippen LogP contribution is -2.14. The van der Waals surface area contributed by atoms with Gasteiger partial charge < -0.3 is 13.7 Å². The maximum Gasteiger partial charge on any atom is 0.143 e. The van der Waals surface area contributed by atoms with Crippen molar-refractivity contribution in [2.24, 2.45) is 0 Å². The topological polar surface area (TPSA) is 29.5 Å². The van der Waals surface area contributed by atoms with Gasteiger partial charge in [-0.1, -0.05) is 153 Å². The van der Waals surface area contributed by atoms with Crippen LogP contribution in [0.4, 0.5) is 17.1 Å². The van der Waals surface area contributed by atoms with Gasteiger partial charge in [-0.15, -0.1) is 0 Å². The Morgan fingerprint density at radius 3 is 1.85 bits per heavy atom. The third kappa shape index (κ3) is 5.12. The Morgan fingerprint density at radius 1 is 0.387 bits per heavy atom. The van der Waals surface area contributed by atoms with Crippen molar-refractivity contribution in [2.45, 2.75) is 19.3 Å². The third-order valence-corrected chi connectivity index (χ3v) is 13.4. The molecule has 0 radical (unpaired) electrons. The quantitative estimate of drug-likeness (QED) is 0.174. The summed E-state index contributed by atoms with van der Waals surface area (Å²) in [6.45, 7) is 4.64. The molecule has 3 nitrogen and oxygen atoms in total. The van der Waals surface area contributed by atoms with Gasteiger partial charge in [0.1, 0.15) is 22.3 Å². The van der Waals surface area contributed by atoms with Gasteiger partial charge in [-0.3, -0.25) is 0 Å². The molecular formula is C59H39NO2. The Hall–Kier alpha value is -7.88. The number of rotatable bonds is 5. The van der Waals surface area contributed by atoms with Crippen LogP contribution in [0.1, 0.15) is 25.0 Å². The van der Waals surface area contributed by atoms with Crippen molar-refractivity contribution in [3.05, 3.63) is 211 Å². The van der Waals surface area contributed by atoms with Crippen molar-refractivity contribution in [2.75, 3.05) is 4.90 Å². The van der Waals surface area contributed by atoms with Crippen LogP contribution < -0.4 is 4.90 Å². The second kappa shape index (κ2) is 13.1. The van der Waals surface area contributed by atoms with E-state index in [0.717, 1.165) is 72.1 Å². The molecule has 0 amide bonds. The number of anilines is 3. The molecule has 1 aliphatic carbocycles. The molecule has 0 atom stereocenters. The Balaban J connectivity index is 0.971. The molecule has 0 saturated heterocycles. The highest BCUT2D eigenvalue weighted by Crippen LogP contribution is 2.54. The van der Waals surface area contributed by atoms with E-state index >= 15 is 0 Å². The second-order valence-corrected chi connectivity index (χ2v) is 17.3. The van der Waals surface area contributed by atoms with Gasteiger partial charge >= 0.3 is 0 Å². The summed E-state index contributed by atoms with van der Waals surface area (Å²) in [5.41, 5.74) is 16.5. The summed E-state index contributed by atoms with van der Waals surface area (Å²) < 4.78 is 13.3. The van der Waals surface area contributed by atoms with E-state index in [-0.39, 0.29) is 5.41 Å². The van der Waals surface area contributed by atoms with Gasteiger partial charge in [0.2, 0.25) is 0 Å². The molecule has 2 aromatic heterocycles.